The Balaban J connectivity index is 2.33. The first-order valence-electron chi connectivity index (χ1n) is 3.59. The fraction of sp³-hybridized carbons (Fsp3) is 0.833. The van der Waals surface area contributed by atoms with Crippen LogP contribution >= 0.6 is 0 Å². The number of carbonyl (C=O) groups excluding carboxylic acids is 1. The zero-order valence-electron chi connectivity index (χ0n) is 6.11. The molecule has 1 heterocycles. The molecule has 11 heavy (non-hydrogen) atoms. The molecule has 0 bridgehead atoms. The molecular weight excluding hydrogens is 148 g/mol. The van der Waals surface area contributed by atoms with Crippen LogP contribution in [0.2, 0.25) is 0 Å². The summed E-state index contributed by atoms with van der Waals surface area (Å²) in [4.78, 5) is 11.6. The first-order valence-corrected chi connectivity index (χ1v) is 3.59. The summed E-state index contributed by atoms with van der Waals surface area (Å²) in [6.45, 7) is 0.681. The molecule has 0 amide bonds. The third-order valence-corrected chi connectivity index (χ3v) is 1.81. The van der Waals surface area contributed by atoms with Gasteiger partial charge >= 0.3 is 0 Å². The number of aliphatic hydroxyl groups excluding tert-OH is 1. The SMILES string of the molecule is O=C[B]N1CC[C@H](O)[C@@H](F)C1. The molecule has 5 heteroatoms. The van der Waals surface area contributed by atoms with Crippen LogP contribution in [0.4, 0.5) is 4.39 Å². The van der Waals surface area contributed by atoms with Crippen molar-refractivity contribution in [1.82, 2.24) is 4.81 Å². The number of rotatable bonds is 2. The minimum absolute atomic E-state index is 0.125. The molecule has 0 unspecified atom stereocenters. The van der Waals surface area contributed by atoms with Crippen LogP contribution in [-0.4, -0.2) is 48.9 Å². The summed E-state index contributed by atoms with van der Waals surface area (Å²) >= 11 is 0. The Morgan fingerprint density at radius 3 is 3.00 bits per heavy atom. The Labute approximate surface area is 65.4 Å². The Hall–Kier alpha value is -0.415. The van der Waals surface area contributed by atoms with Crippen molar-refractivity contribution in [3.05, 3.63) is 0 Å². The maximum atomic E-state index is 12.7. The Bertz CT molecular complexity index is 147. The van der Waals surface area contributed by atoms with E-state index in [1.165, 1.54) is 7.41 Å². The number of piperidine rings is 1. The predicted molar refractivity (Wildman–Crippen MR) is 39.6 cm³/mol. The summed E-state index contributed by atoms with van der Waals surface area (Å²) in [5.74, 6) is 0. The second-order valence-corrected chi connectivity index (χ2v) is 2.65. The predicted octanol–water partition coefficient (Wildman–Crippen LogP) is -0.800. The van der Waals surface area contributed by atoms with Crippen molar-refractivity contribution in [3.63, 3.8) is 0 Å². The highest BCUT2D eigenvalue weighted by Gasteiger charge is 2.26. The van der Waals surface area contributed by atoms with Gasteiger partial charge in [0.15, 0.2) is 0 Å². The number of halogens is 1. The van der Waals surface area contributed by atoms with Crippen molar-refractivity contribution in [3.8, 4) is 0 Å². The maximum absolute atomic E-state index is 12.7. The van der Waals surface area contributed by atoms with E-state index in [1.807, 2.05) is 0 Å². The van der Waals surface area contributed by atoms with Gasteiger partial charge in [0.1, 0.15) is 6.17 Å². The van der Waals surface area contributed by atoms with Crippen molar-refractivity contribution in [2.24, 2.45) is 0 Å². The van der Waals surface area contributed by atoms with Crippen LogP contribution in [0.3, 0.4) is 0 Å². The molecule has 1 saturated heterocycles. The van der Waals surface area contributed by atoms with Crippen molar-refractivity contribution in [2.75, 3.05) is 13.1 Å². The molecular formula is C6H10BFNO2. The molecule has 0 aliphatic carbocycles. The van der Waals surface area contributed by atoms with E-state index in [0.717, 1.165) is 0 Å². The molecule has 0 aromatic rings. The van der Waals surface area contributed by atoms with E-state index in [2.05, 4.69) is 0 Å². The molecule has 3 nitrogen and oxygen atoms in total. The molecule has 0 aromatic heterocycles. The van der Waals surface area contributed by atoms with Crippen molar-refractivity contribution in [1.29, 1.82) is 0 Å². The fourth-order valence-electron chi connectivity index (χ4n) is 1.14. The van der Waals surface area contributed by atoms with Gasteiger partial charge in [-0.15, -0.1) is 0 Å². The van der Waals surface area contributed by atoms with Crippen molar-refractivity contribution < 1.29 is 14.3 Å². The zero-order chi connectivity index (χ0) is 8.27. The van der Waals surface area contributed by atoms with Gasteiger partial charge in [0, 0.05) is 6.54 Å². The first-order chi connectivity index (χ1) is 5.24. The summed E-state index contributed by atoms with van der Waals surface area (Å²) in [6.07, 6.45) is -1.05. The maximum Gasteiger partial charge on any atom is 0.293 e. The number of aliphatic hydroxyl groups is 1. The monoisotopic (exact) mass is 158 g/mol. The largest absolute Gasteiger partial charge is 0.390 e. The highest BCUT2D eigenvalue weighted by atomic mass is 19.1. The van der Waals surface area contributed by atoms with Gasteiger partial charge in [-0.25, -0.2) is 4.39 Å². The lowest BCUT2D eigenvalue weighted by Crippen LogP contribution is -2.46. The van der Waals surface area contributed by atoms with Gasteiger partial charge in [0.05, 0.1) is 12.3 Å². The van der Waals surface area contributed by atoms with Crippen LogP contribution in [-0.2, 0) is 4.79 Å². The second-order valence-electron chi connectivity index (χ2n) is 2.65. The number of alkyl halides is 1. The topological polar surface area (TPSA) is 40.5 Å². The molecule has 1 rings (SSSR count). The van der Waals surface area contributed by atoms with Gasteiger partial charge < -0.3 is 14.7 Å². The number of nitrogens with zero attached hydrogens (tertiary/aromatic N) is 1. The van der Waals surface area contributed by atoms with Crippen molar-refractivity contribution >= 4 is 13.6 Å². The summed E-state index contributed by atoms with van der Waals surface area (Å²) in [5.41, 5.74) is 0. The minimum atomic E-state index is -1.22. The average molecular weight is 158 g/mol. The molecule has 1 N–H and O–H groups in total. The van der Waals surface area contributed by atoms with Gasteiger partial charge in [-0.2, -0.15) is 0 Å². The standard InChI is InChI=1S/C6H10BFNO2/c8-5-3-9(7-4-10)2-1-6(5)11/h4-6,11H,1-3H2/t5-,6-/m0/s1. The van der Waals surface area contributed by atoms with Crippen LogP contribution in [0.5, 0.6) is 0 Å². The first kappa shape index (κ1) is 8.68. The third kappa shape index (κ3) is 2.27. The van der Waals surface area contributed by atoms with E-state index in [9.17, 15) is 9.18 Å². The van der Waals surface area contributed by atoms with E-state index in [1.54, 1.807) is 4.81 Å². The molecule has 1 aliphatic rings. The molecule has 2 atom stereocenters. The normalized spacial score (nSPS) is 33.3. The summed E-state index contributed by atoms with van der Waals surface area (Å²) in [7, 11) is 1.30. The van der Waals surface area contributed by atoms with Crippen LogP contribution in [0, 0.1) is 0 Å². The Morgan fingerprint density at radius 2 is 2.45 bits per heavy atom. The number of hydrogen-bond donors (Lipinski definition) is 1. The van der Waals surface area contributed by atoms with E-state index < -0.39 is 12.3 Å². The molecule has 1 radical (unpaired) electrons. The quantitative estimate of drug-likeness (QED) is 0.422. The molecule has 61 valence electrons. The van der Waals surface area contributed by atoms with Gasteiger partial charge in [-0.3, -0.25) is 0 Å². The van der Waals surface area contributed by atoms with Crippen molar-refractivity contribution in [2.45, 2.75) is 18.7 Å². The number of hydrogen-bond acceptors (Lipinski definition) is 3. The van der Waals surface area contributed by atoms with E-state index in [4.69, 9.17) is 5.11 Å². The molecule has 1 aliphatic heterocycles. The van der Waals surface area contributed by atoms with E-state index in [0.29, 0.717) is 19.2 Å². The third-order valence-electron chi connectivity index (χ3n) is 1.81. The summed E-state index contributed by atoms with van der Waals surface area (Å²) in [5, 5.41) is 8.96. The Morgan fingerprint density at radius 1 is 1.73 bits per heavy atom. The van der Waals surface area contributed by atoms with Gasteiger partial charge in [-0.05, 0) is 13.0 Å². The van der Waals surface area contributed by atoms with Crippen LogP contribution in [0.15, 0.2) is 0 Å². The molecule has 0 saturated carbocycles. The summed E-state index contributed by atoms with van der Waals surface area (Å²) in [6, 6.07) is 0. The molecule has 0 aromatic carbocycles. The Kier molecular flexibility index (Phi) is 3.02. The molecule has 1 fully saturated rings. The van der Waals surface area contributed by atoms with E-state index in [-0.39, 0.29) is 6.54 Å². The van der Waals surface area contributed by atoms with Crippen LogP contribution in [0.1, 0.15) is 6.42 Å². The smallest absolute Gasteiger partial charge is 0.293 e. The summed E-state index contributed by atoms with van der Waals surface area (Å²) < 4.78 is 12.7. The average Bonchev–Trinajstić information content (AvgIpc) is 1.98. The lowest BCUT2D eigenvalue weighted by Gasteiger charge is -2.30. The van der Waals surface area contributed by atoms with Gasteiger partial charge in [0.2, 0.25) is 0 Å². The fourth-order valence-corrected chi connectivity index (χ4v) is 1.14. The zero-order valence-corrected chi connectivity index (χ0v) is 6.11. The van der Waals surface area contributed by atoms with Gasteiger partial charge in [-0.1, -0.05) is 0 Å². The highest BCUT2D eigenvalue weighted by molar-refractivity contribution is 6.64. The molecule has 0 spiro atoms. The second kappa shape index (κ2) is 3.83. The number of carbonyl (C=O) groups is 1. The lowest BCUT2D eigenvalue weighted by molar-refractivity contribution is 0.0301. The highest BCUT2D eigenvalue weighted by Crippen LogP contribution is 2.12. The van der Waals surface area contributed by atoms with E-state index >= 15 is 0 Å². The minimum Gasteiger partial charge on any atom is -0.390 e. The lowest BCUT2D eigenvalue weighted by atomic mass is 9.90. The van der Waals surface area contributed by atoms with Gasteiger partial charge in [0.25, 0.3) is 7.41 Å². The van der Waals surface area contributed by atoms with Crippen LogP contribution < -0.4 is 0 Å². The van der Waals surface area contributed by atoms with Crippen LogP contribution in [0.25, 0.3) is 0 Å².